The molecule has 0 saturated carbocycles. The highest BCUT2D eigenvalue weighted by molar-refractivity contribution is 6.12. The van der Waals surface area contributed by atoms with Gasteiger partial charge in [-0.15, -0.1) is 0 Å². The maximum atomic E-state index is 12.7. The molecule has 21 heavy (non-hydrogen) atoms. The van der Waals surface area contributed by atoms with Crippen molar-refractivity contribution in [3.8, 4) is 17.0 Å². The molecule has 0 radical (unpaired) electrons. The Morgan fingerprint density at radius 3 is 2.57 bits per heavy atom. The minimum absolute atomic E-state index is 0.0590. The Hall–Kier alpha value is -2.88. The zero-order valence-corrected chi connectivity index (χ0v) is 11.4. The highest BCUT2D eigenvalue weighted by Crippen LogP contribution is 2.28. The molecule has 0 amide bonds. The van der Waals surface area contributed by atoms with Gasteiger partial charge < -0.3 is 9.26 Å². The molecule has 0 aliphatic rings. The summed E-state index contributed by atoms with van der Waals surface area (Å²) in [4.78, 5) is 12.7. The number of rotatable bonds is 4. The van der Waals surface area contributed by atoms with Gasteiger partial charge in [-0.25, -0.2) is 0 Å². The number of carbonyl (C=O) groups is 1. The molecule has 4 heteroatoms. The van der Waals surface area contributed by atoms with Gasteiger partial charge in [0.1, 0.15) is 17.7 Å². The average molecular weight is 279 g/mol. The maximum Gasteiger partial charge on any atom is 0.193 e. The van der Waals surface area contributed by atoms with E-state index < -0.39 is 0 Å². The van der Waals surface area contributed by atoms with Gasteiger partial charge in [0.2, 0.25) is 0 Å². The van der Waals surface area contributed by atoms with Crippen molar-refractivity contribution in [2.75, 3.05) is 7.11 Å². The third-order valence-corrected chi connectivity index (χ3v) is 3.22. The standard InChI is InChI=1S/C17H13NO3/c1-20-13-7-8-14(15(11-13)16-9-10-21-18-16)17(19)12-5-3-2-4-6-12/h2-11H,1H3. The fraction of sp³-hybridized carbons (Fsp3) is 0.0588. The smallest absolute Gasteiger partial charge is 0.193 e. The molecule has 1 aromatic heterocycles. The van der Waals surface area contributed by atoms with Crippen molar-refractivity contribution < 1.29 is 14.1 Å². The van der Waals surface area contributed by atoms with Gasteiger partial charge in [0.25, 0.3) is 0 Å². The molecular weight excluding hydrogens is 266 g/mol. The van der Waals surface area contributed by atoms with Crippen molar-refractivity contribution in [3.63, 3.8) is 0 Å². The van der Waals surface area contributed by atoms with Crippen LogP contribution in [0.15, 0.2) is 65.4 Å². The van der Waals surface area contributed by atoms with Gasteiger partial charge in [-0.05, 0) is 18.2 Å². The minimum atomic E-state index is -0.0590. The molecule has 104 valence electrons. The molecule has 0 aliphatic carbocycles. The van der Waals surface area contributed by atoms with Crippen LogP contribution in [0.1, 0.15) is 15.9 Å². The van der Waals surface area contributed by atoms with Crippen molar-refractivity contribution in [3.05, 3.63) is 72.0 Å². The lowest BCUT2D eigenvalue weighted by Gasteiger charge is -2.09. The molecule has 0 saturated heterocycles. The Bertz CT molecular complexity index is 749. The molecule has 3 aromatic rings. The summed E-state index contributed by atoms with van der Waals surface area (Å²) in [5, 5.41) is 3.92. The van der Waals surface area contributed by atoms with Gasteiger partial charge in [-0.2, -0.15) is 0 Å². The number of methoxy groups -OCH3 is 1. The Labute approximate surface area is 122 Å². The summed E-state index contributed by atoms with van der Waals surface area (Å²) in [6.45, 7) is 0. The van der Waals surface area contributed by atoms with Crippen LogP contribution in [0.3, 0.4) is 0 Å². The summed E-state index contributed by atoms with van der Waals surface area (Å²) in [5.41, 5.74) is 2.49. The SMILES string of the molecule is COc1ccc(C(=O)c2ccccc2)c(-c2ccon2)c1. The molecule has 2 aromatic carbocycles. The lowest BCUT2D eigenvalue weighted by atomic mass is 9.96. The predicted octanol–water partition coefficient (Wildman–Crippen LogP) is 3.58. The van der Waals surface area contributed by atoms with Gasteiger partial charge in [-0.1, -0.05) is 35.5 Å². The van der Waals surface area contributed by atoms with Crippen molar-refractivity contribution in [1.29, 1.82) is 0 Å². The largest absolute Gasteiger partial charge is 0.497 e. The summed E-state index contributed by atoms with van der Waals surface area (Å²) in [7, 11) is 1.58. The Morgan fingerprint density at radius 2 is 1.90 bits per heavy atom. The van der Waals surface area contributed by atoms with Crippen LogP contribution in [0.2, 0.25) is 0 Å². The average Bonchev–Trinajstić information content (AvgIpc) is 3.09. The number of hydrogen-bond acceptors (Lipinski definition) is 4. The molecule has 4 nitrogen and oxygen atoms in total. The van der Waals surface area contributed by atoms with Crippen LogP contribution in [0, 0.1) is 0 Å². The number of benzene rings is 2. The fourth-order valence-electron chi connectivity index (χ4n) is 2.16. The predicted molar refractivity (Wildman–Crippen MR) is 78.4 cm³/mol. The van der Waals surface area contributed by atoms with E-state index in [4.69, 9.17) is 9.26 Å². The van der Waals surface area contributed by atoms with Gasteiger partial charge in [0, 0.05) is 22.8 Å². The first-order valence-electron chi connectivity index (χ1n) is 6.48. The third kappa shape index (κ3) is 2.56. The van der Waals surface area contributed by atoms with Crippen LogP contribution < -0.4 is 4.74 Å². The van der Waals surface area contributed by atoms with E-state index in [0.717, 1.165) is 0 Å². The molecule has 0 fully saturated rings. The monoisotopic (exact) mass is 279 g/mol. The number of nitrogens with zero attached hydrogens (tertiary/aromatic N) is 1. The third-order valence-electron chi connectivity index (χ3n) is 3.22. The lowest BCUT2D eigenvalue weighted by molar-refractivity contribution is 0.103. The maximum absolute atomic E-state index is 12.7. The first-order valence-corrected chi connectivity index (χ1v) is 6.48. The molecular formula is C17H13NO3. The van der Waals surface area contributed by atoms with Crippen molar-refractivity contribution in [2.24, 2.45) is 0 Å². The fourth-order valence-corrected chi connectivity index (χ4v) is 2.16. The van der Waals surface area contributed by atoms with E-state index in [1.807, 2.05) is 18.2 Å². The highest BCUT2D eigenvalue weighted by Gasteiger charge is 2.17. The summed E-state index contributed by atoms with van der Waals surface area (Å²) >= 11 is 0. The molecule has 0 atom stereocenters. The summed E-state index contributed by atoms with van der Waals surface area (Å²) in [6, 6.07) is 16.2. The summed E-state index contributed by atoms with van der Waals surface area (Å²) in [6.07, 6.45) is 1.48. The highest BCUT2D eigenvalue weighted by atomic mass is 16.5. The second-order valence-corrected chi connectivity index (χ2v) is 4.49. The van der Waals surface area contributed by atoms with Crippen LogP contribution in [0.25, 0.3) is 11.3 Å². The second-order valence-electron chi connectivity index (χ2n) is 4.49. The summed E-state index contributed by atoms with van der Waals surface area (Å²) < 4.78 is 10.1. The van der Waals surface area contributed by atoms with Crippen LogP contribution >= 0.6 is 0 Å². The first kappa shape index (κ1) is 13.1. The van der Waals surface area contributed by atoms with E-state index >= 15 is 0 Å². The van der Waals surface area contributed by atoms with Gasteiger partial charge in [0.15, 0.2) is 5.78 Å². The van der Waals surface area contributed by atoms with E-state index in [2.05, 4.69) is 5.16 Å². The van der Waals surface area contributed by atoms with Gasteiger partial charge in [-0.3, -0.25) is 4.79 Å². The summed E-state index contributed by atoms with van der Waals surface area (Å²) in [5.74, 6) is 0.605. The zero-order chi connectivity index (χ0) is 14.7. The molecule has 0 N–H and O–H groups in total. The van der Waals surface area contributed by atoms with E-state index in [9.17, 15) is 4.79 Å². The van der Waals surface area contributed by atoms with E-state index in [1.165, 1.54) is 6.26 Å². The Kier molecular flexibility index (Phi) is 3.51. The van der Waals surface area contributed by atoms with Crippen LogP contribution in [-0.2, 0) is 0 Å². The minimum Gasteiger partial charge on any atom is -0.497 e. The quantitative estimate of drug-likeness (QED) is 0.685. The first-order chi connectivity index (χ1) is 10.3. The van der Waals surface area contributed by atoms with Crippen LogP contribution in [0.4, 0.5) is 0 Å². The molecule has 1 heterocycles. The number of carbonyl (C=O) groups excluding carboxylic acids is 1. The van der Waals surface area contributed by atoms with Crippen LogP contribution in [-0.4, -0.2) is 18.0 Å². The number of ether oxygens (including phenoxy) is 1. The lowest BCUT2D eigenvalue weighted by Crippen LogP contribution is -2.04. The van der Waals surface area contributed by atoms with Gasteiger partial charge >= 0.3 is 0 Å². The zero-order valence-electron chi connectivity index (χ0n) is 11.4. The van der Waals surface area contributed by atoms with Crippen molar-refractivity contribution in [1.82, 2.24) is 5.16 Å². The van der Waals surface area contributed by atoms with Crippen molar-refractivity contribution >= 4 is 5.78 Å². The molecule has 0 aliphatic heterocycles. The molecule has 0 spiro atoms. The van der Waals surface area contributed by atoms with E-state index in [1.54, 1.807) is 43.5 Å². The normalized spacial score (nSPS) is 10.3. The van der Waals surface area contributed by atoms with Crippen molar-refractivity contribution in [2.45, 2.75) is 0 Å². The topological polar surface area (TPSA) is 52.3 Å². The van der Waals surface area contributed by atoms with E-state index in [0.29, 0.717) is 28.1 Å². The second kappa shape index (κ2) is 5.63. The Balaban J connectivity index is 2.12. The Morgan fingerprint density at radius 1 is 1.10 bits per heavy atom. The number of aromatic nitrogens is 1. The number of hydrogen-bond donors (Lipinski definition) is 0. The molecule has 0 unspecified atom stereocenters. The number of ketones is 1. The van der Waals surface area contributed by atoms with Crippen LogP contribution in [0.5, 0.6) is 5.75 Å². The van der Waals surface area contributed by atoms with E-state index in [-0.39, 0.29) is 5.78 Å². The molecule has 0 bridgehead atoms. The van der Waals surface area contributed by atoms with Gasteiger partial charge in [0.05, 0.1) is 7.11 Å². The molecule has 3 rings (SSSR count).